The van der Waals surface area contributed by atoms with Gasteiger partial charge in [-0.25, -0.2) is 4.79 Å². The Morgan fingerprint density at radius 1 is 1.11 bits per heavy atom. The second-order valence-electron chi connectivity index (χ2n) is 6.48. The van der Waals surface area contributed by atoms with E-state index >= 15 is 0 Å². The highest BCUT2D eigenvalue weighted by Crippen LogP contribution is 2.20. The molecule has 0 aliphatic heterocycles. The molecule has 0 aliphatic rings. The Morgan fingerprint density at radius 2 is 1.93 bits per heavy atom. The van der Waals surface area contributed by atoms with Crippen molar-refractivity contribution in [2.45, 2.75) is 37.9 Å². The van der Waals surface area contributed by atoms with E-state index in [2.05, 4.69) is 34.6 Å². The summed E-state index contributed by atoms with van der Waals surface area (Å²) < 4.78 is 8.64. The van der Waals surface area contributed by atoms with Crippen LogP contribution >= 0.6 is 11.8 Å². The Labute approximate surface area is 166 Å². The number of fused-ring (bicyclic) bond motifs is 1. The Balaban J connectivity index is 1.45. The first-order chi connectivity index (χ1) is 13.8. The third-order valence-electron chi connectivity index (χ3n) is 4.56. The summed E-state index contributed by atoms with van der Waals surface area (Å²) in [6.45, 7) is 2.71. The van der Waals surface area contributed by atoms with Gasteiger partial charge in [-0.2, -0.15) is 4.68 Å². The van der Waals surface area contributed by atoms with Crippen LogP contribution in [0.25, 0.3) is 16.8 Å². The molecule has 0 saturated carbocycles. The summed E-state index contributed by atoms with van der Waals surface area (Å²) in [4.78, 5) is 12.1. The molecule has 0 spiro atoms. The molecule has 144 valence electrons. The van der Waals surface area contributed by atoms with Crippen molar-refractivity contribution in [3.8, 4) is 5.69 Å². The second kappa shape index (κ2) is 8.43. The fourth-order valence-electron chi connectivity index (χ4n) is 3.07. The molecule has 0 aliphatic carbocycles. The van der Waals surface area contributed by atoms with Gasteiger partial charge in [0.15, 0.2) is 5.58 Å². The predicted molar refractivity (Wildman–Crippen MR) is 109 cm³/mol. The molecular weight excluding hydrogens is 374 g/mol. The number of tetrazole rings is 1. The van der Waals surface area contributed by atoms with E-state index < -0.39 is 0 Å². The summed E-state index contributed by atoms with van der Waals surface area (Å²) >= 11 is 1.51. The van der Waals surface area contributed by atoms with Crippen LogP contribution in [0.5, 0.6) is 0 Å². The summed E-state index contributed by atoms with van der Waals surface area (Å²) in [6.07, 6.45) is 3.46. The highest BCUT2D eigenvalue weighted by molar-refractivity contribution is 7.99. The minimum atomic E-state index is -0.343. The van der Waals surface area contributed by atoms with Gasteiger partial charge in [-0.05, 0) is 53.1 Å². The van der Waals surface area contributed by atoms with Crippen LogP contribution in [0.1, 0.15) is 25.3 Å². The van der Waals surface area contributed by atoms with Gasteiger partial charge in [0.25, 0.3) is 0 Å². The van der Waals surface area contributed by atoms with Crippen molar-refractivity contribution in [1.29, 1.82) is 0 Å². The Morgan fingerprint density at radius 3 is 2.75 bits per heavy atom. The van der Waals surface area contributed by atoms with Crippen molar-refractivity contribution in [2.75, 3.05) is 5.75 Å². The van der Waals surface area contributed by atoms with Crippen LogP contribution in [0.15, 0.2) is 62.9 Å². The third-order valence-corrected chi connectivity index (χ3v) is 5.46. The van der Waals surface area contributed by atoms with E-state index in [-0.39, 0.29) is 5.76 Å². The summed E-state index contributed by atoms with van der Waals surface area (Å²) in [5.74, 6) is 0.308. The van der Waals surface area contributed by atoms with Crippen molar-refractivity contribution < 1.29 is 4.42 Å². The van der Waals surface area contributed by atoms with Gasteiger partial charge >= 0.3 is 5.76 Å². The van der Waals surface area contributed by atoms with Gasteiger partial charge in [-0.15, -0.1) is 5.10 Å². The average Bonchev–Trinajstić information content (AvgIpc) is 3.31. The smallest absolute Gasteiger partial charge is 0.408 e. The lowest BCUT2D eigenvalue weighted by Crippen LogP contribution is -2.15. The number of rotatable bonds is 8. The zero-order valence-corrected chi connectivity index (χ0v) is 16.4. The molecule has 2 aromatic heterocycles. The Kier molecular flexibility index (Phi) is 5.57. The van der Waals surface area contributed by atoms with Gasteiger partial charge in [0, 0.05) is 12.3 Å². The van der Waals surface area contributed by atoms with Crippen molar-refractivity contribution >= 4 is 22.9 Å². The first-order valence-electron chi connectivity index (χ1n) is 9.35. The van der Waals surface area contributed by atoms with Crippen molar-refractivity contribution in [3.05, 3.63) is 64.6 Å². The first-order valence-corrected chi connectivity index (χ1v) is 10.3. The number of hydrogen-bond acceptors (Lipinski definition) is 6. The van der Waals surface area contributed by atoms with E-state index in [0.29, 0.717) is 23.0 Å². The van der Waals surface area contributed by atoms with Crippen LogP contribution in [0.2, 0.25) is 0 Å². The van der Waals surface area contributed by atoms with E-state index in [0.717, 1.165) is 17.6 Å². The fraction of sp³-hybridized carbons (Fsp3) is 0.300. The number of benzene rings is 2. The van der Waals surface area contributed by atoms with Crippen molar-refractivity contribution in [1.82, 2.24) is 24.8 Å². The third kappa shape index (κ3) is 3.87. The van der Waals surface area contributed by atoms with Crippen LogP contribution in [-0.2, 0) is 13.0 Å². The molecule has 0 saturated heterocycles. The standard InChI is InChI=1S/C20H21N5O2S/c1-2-3-6-15-9-11-16(12-10-15)25-19(21-22-23-25)28-14-13-24-17-7-4-5-8-18(17)27-20(24)26/h4-5,7-12H,2-3,6,13-14H2,1H3. The topological polar surface area (TPSA) is 78.7 Å². The van der Waals surface area contributed by atoms with Crippen LogP contribution < -0.4 is 5.76 Å². The van der Waals surface area contributed by atoms with Gasteiger partial charge in [0.1, 0.15) is 0 Å². The molecule has 0 bridgehead atoms. The average molecular weight is 395 g/mol. The molecule has 0 radical (unpaired) electrons. The second-order valence-corrected chi connectivity index (χ2v) is 7.54. The summed E-state index contributed by atoms with van der Waals surface area (Å²) in [6, 6.07) is 15.8. The van der Waals surface area contributed by atoms with Crippen LogP contribution in [0, 0.1) is 0 Å². The van der Waals surface area contributed by atoms with Gasteiger partial charge < -0.3 is 4.42 Å². The number of nitrogens with zero attached hydrogens (tertiary/aromatic N) is 5. The largest absolute Gasteiger partial charge is 0.419 e. The maximum absolute atomic E-state index is 12.1. The van der Waals surface area contributed by atoms with E-state index in [1.165, 1.54) is 30.2 Å². The van der Waals surface area contributed by atoms with Gasteiger partial charge in [0.05, 0.1) is 11.2 Å². The summed E-state index contributed by atoms with van der Waals surface area (Å²) in [5, 5.41) is 12.7. The number of oxazole rings is 1. The molecule has 0 fully saturated rings. The summed E-state index contributed by atoms with van der Waals surface area (Å²) in [7, 11) is 0. The van der Waals surface area contributed by atoms with Crippen molar-refractivity contribution in [3.63, 3.8) is 0 Å². The fourth-order valence-corrected chi connectivity index (χ4v) is 3.88. The minimum absolute atomic E-state index is 0.343. The Hall–Kier alpha value is -2.87. The highest BCUT2D eigenvalue weighted by atomic mass is 32.2. The number of para-hydroxylation sites is 2. The van der Waals surface area contributed by atoms with E-state index in [9.17, 15) is 4.79 Å². The first kappa shape index (κ1) is 18.5. The van der Waals surface area contributed by atoms with Crippen LogP contribution in [-0.4, -0.2) is 30.5 Å². The Bertz CT molecular complexity index is 1110. The maximum Gasteiger partial charge on any atom is 0.419 e. The minimum Gasteiger partial charge on any atom is -0.408 e. The number of unbranched alkanes of at least 4 members (excludes halogenated alkanes) is 1. The number of thioether (sulfide) groups is 1. The normalized spacial score (nSPS) is 11.3. The van der Waals surface area contributed by atoms with E-state index in [4.69, 9.17) is 4.42 Å². The van der Waals surface area contributed by atoms with Crippen LogP contribution in [0.3, 0.4) is 0 Å². The zero-order chi connectivity index (χ0) is 19.3. The molecule has 4 rings (SSSR count). The number of aromatic nitrogens is 5. The van der Waals surface area contributed by atoms with Gasteiger partial charge in [0.2, 0.25) is 5.16 Å². The molecule has 0 N–H and O–H groups in total. The zero-order valence-electron chi connectivity index (χ0n) is 15.6. The molecule has 0 unspecified atom stereocenters. The molecule has 2 aromatic carbocycles. The molecular formula is C20H21N5O2S. The molecule has 0 atom stereocenters. The van der Waals surface area contributed by atoms with Gasteiger partial charge in [-0.3, -0.25) is 4.57 Å². The maximum atomic E-state index is 12.1. The quantitative estimate of drug-likeness (QED) is 0.423. The lowest BCUT2D eigenvalue weighted by molar-refractivity contribution is 0.514. The van der Waals surface area contributed by atoms with E-state index in [1.807, 2.05) is 30.3 Å². The molecule has 7 nitrogen and oxygen atoms in total. The molecule has 0 amide bonds. The lowest BCUT2D eigenvalue weighted by atomic mass is 10.1. The number of aryl methyl sites for hydroxylation is 2. The van der Waals surface area contributed by atoms with Crippen LogP contribution in [0.4, 0.5) is 0 Å². The van der Waals surface area contributed by atoms with E-state index in [1.54, 1.807) is 15.3 Å². The molecule has 28 heavy (non-hydrogen) atoms. The lowest BCUT2D eigenvalue weighted by Gasteiger charge is -2.06. The number of hydrogen-bond donors (Lipinski definition) is 0. The molecule has 8 heteroatoms. The predicted octanol–water partition coefficient (Wildman–Crippen LogP) is 3.71. The summed E-state index contributed by atoms with van der Waals surface area (Å²) in [5.41, 5.74) is 3.65. The highest BCUT2D eigenvalue weighted by Gasteiger charge is 2.12. The SMILES string of the molecule is CCCCc1ccc(-n2nnnc2SCCn2c(=O)oc3ccccc32)cc1. The molecule has 4 aromatic rings. The van der Waals surface area contributed by atoms with Gasteiger partial charge in [-0.1, -0.05) is 49.4 Å². The van der Waals surface area contributed by atoms with Crippen molar-refractivity contribution in [2.24, 2.45) is 0 Å². The molecule has 2 heterocycles. The monoisotopic (exact) mass is 395 g/mol.